The van der Waals surface area contributed by atoms with Crippen LogP contribution in [0.2, 0.25) is 0 Å². The Morgan fingerprint density at radius 2 is 1.64 bits per heavy atom. The van der Waals surface area contributed by atoms with Gasteiger partial charge in [-0.15, -0.1) is 0 Å². The molecular weight excluding hydrogens is 462 g/mol. The van der Waals surface area contributed by atoms with E-state index in [1.807, 2.05) is 48.5 Å². The molecule has 188 valence electrons. The summed E-state index contributed by atoms with van der Waals surface area (Å²) in [5, 5.41) is 12.1. The highest BCUT2D eigenvalue weighted by Gasteiger charge is 2.30. The molecule has 2 N–H and O–H groups in total. The highest BCUT2D eigenvalue weighted by Crippen LogP contribution is 2.44. The van der Waals surface area contributed by atoms with Crippen molar-refractivity contribution in [1.82, 2.24) is 14.9 Å². The third-order valence-corrected chi connectivity index (χ3v) is 6.03. The van der Waals surface area contributed by atoms with Gasteiger partial charge in [-0.05, 0) is 49.9 Å². The van der Waals surface area contributed by atoms with Crippen LogP contribution in [-0.2, 0) is 20.7 Å². The first kappa shape index (κ1) is 25.0. The molecule has 36 heavy (non-hydrogen) atoms. The maximum Gasteiger partial charge on any atom is 0.420 e. The summed E-state index contributed by atoms with van der Waals surface area (Å²) < 4.78 is 12.0. The van der Waals surface area contributed by atoms with Gasteiger partial charge in [0, 0.05) is 18.0 Å². The number of hydrogen-bond acceptors (Lipinski definition) is 6. The van der Waals surface area contributed by atoms with Crippen molar-refractivity contribution < 1.29 is 29.0 Å². The second-order valence-corrected chi connectivity index (χ2v) is 9.69. The third kappa shape index (κ3) is 5.25. The van der Waals surface area contributed by atoms with E-state index in [0.29, 0.717) is 11.4 Å². The molecule has 9 nitrogen and oxygen atoms in total. The molecule has 0 fully saturated rings. The largest absolute Gasteiger partial charge is 0.480 e. The molecule has 0 saturated carbocycles. The number of carboxylic acids is 1. The van der Waals surface area contributed by atoms with Gasteiger partial charge in [0.05, 0.1) is 5.69 Å². The average molecular weight is 492 g/mol. The summed E-state index contributed by atoms with van der Waals surface area (Å²) in [4.78, 5) is 41.0. The van der Waals surface area contributed by atoms with Crippen LogP contribution in [0, 0.1) is 6.92 Å². The molecule has 1 heterocycles. The molecule has 0 spiro atoms. The summed E-state index contributed by atoms with van der Waals surface area (Å²) in [5.41, 5.74) is 4.41. The highest BCUT2D eigenvalue weighted by atomic mass is 16.6. The zero-order valence-electron chi connectivity index (χ0n) is 20.6. The molecular formula is C27H29N3O6. The number of amides is 1. The van der Waals surface area contributed by atoms with Gasteiger partial charge in [-0.2, -0.15) is 0 Å². The van der Waals surface area contributed by atoms with Gasteiger partial charge in [0.1, 0.15) is 24.6 Å². The van der Waals surface area contributed by atoms with E-state index in [9.17, 15) is 19.5 Å². The van der Waals surface area contributed by atoms with Gasteiger partial charge in [-0.3, -0.25) is 0 Å². The fourth-order valence-corrected chi connectivity index (χ4v) is 4.32. The van der Waals surface area contributed by atoms with Crippen LogP contribution >= 0.6 is 0 Å². The standard InChI is InChI=1S/C27H29N3O6/c1-16-22(28-15-30(16)26(34)36-27(2,3)4)13-23(24(31)32)29-25(33)35-14-21-19-11-7-5-9-17(19)18-10-6-8-12-20(18)21/h5-12,15,21,23H,13-14H2,1-4H3,(H,29,33)(H,31,32)/t23-/m0/s1. The lowest BCUT2D eigenvalue weighted by Crippen LogP contribution is -2.43. The number of fused-ring (bicyclic) bond motifs is 3. The van der Waals surface area contributed by atoms with Crippen LogP contribution < -0.4 is 5.32 Å². The van der Waals surface area contributed by atoms with Crippen molar-refractivity contribution in [3.63, 3.8) is 0 Å². The fraction of sp³-hybridized carbons (Fsp3) is 0.333. The van der Waals surface area contributed by atoms with Crippen LogP contribution in [0.1, 0.15) is 49.2 Å². The number of hydrogen-bond donors (Lipinski definition) is 2. The molecule has 0 bridgehead atoms. The Bertz CT molecular complexity index is 1260. The van der Waals surface area contributed by atoms with Crippen molar-refractivity contribution in [2.24, 2.45) is 0 Å². The van der Waals surface area contributed by atoms with E-state index in [2.05, 4.69) is 10.3 Å². The van der Waals surface area contributed by atoms with Gasteiger partial charge in [0.25, 0.3) is 0 Å². The van der Waals surface area contributed by atoms with E-state index in [1.54, 1.807) is 27.7 Å². The maximum atomic E-state index is 12.6. The van der Waals surface area contributed by atoms with E-state index >= 15 is 0 Å². The summed E-state index contributed by atoms with van der Waals surface area (Å²) in [6.45, 7) is 6.95. The molecule has 1 amide bonds. The van der Waals surface area contributed by atoms with E-state index in [1.165, 1.54) is 10.9 Å². The molecule has 3 aromatic rings. The van der Waals surface area contributed by atoms with Gasteiger partial charge in [0.15, 0.2) is 0 Å². The second kappa shape index (κ2) is 9.85. The molecule has 0 radical (unpaired) electrons. The number of carboxylic acid groups (broad SMARTS) is 1. The summed E-state index contributed by atoms with van der Waals surface area (Å²) >= 11 is 0. The van der Waals surface area contributed by atoms with Gasteiger partial charge in [-0.1, -0.05) is 48.5 Å². The lowest BCUT2D eigenvalue weighted by molar-refractivity contribution is -0.139. The number of carbonyl (C=O) groups excluding carboxylic acids is 2. The number of ether oxygens (including phenoxy) is 2. The maximum absolute atomic E-state index is 12.6. The minimum atomic E-state index is -1.29. The number of nitrogens with zero attached hydrogens (tertiary/aromatic N) is 2. The number of rotatable bonds is 6. The second-order valence-electron chi connectivity index (χ2n) is 9.69. The number of carbonyl (C=O) groups is 3. The number of nitrogens with one attached hydrogen (secondary N) is 1. The summed E-state index contributed by atoms with van der Waals surface area (Å²) in [5.74, 6) is -1.38. The molecule has 1 aromatic heterocycles. The SMILES string of the molecule is Cc1c(C[C@H](NC(=O)OCC2c3ccccc3-c3ccccc32)C(=O)O)ncn1C(=O)OC(C)(C)C. The molecule has 4 rings (SSSR count). The van der Waals surface area contributed by atoms with E-state index < -0.39 is 29.8 Å². The molecule has 0 aliphatic heterocycles. The van der Waals surface area contributed by atoms with Crippen molar-refractivity contribution in [3.05, 3.63) is 77.4 Å². The van der Waals surface area contributed by atoms with Crippen molar-refractivity contribution in [3.8, 4) is 11.1 Å². The number of imidazole rings is 1. The van der Waals surface area contributed by atoms with Gasteiger partial charge in [0.2, 0.25) is 0 Å². The normalized spacial score (nSPS) is 13.4. The van der Waals surface area contributed by atoms with Crippen LogP contribution in [-0.4, -0.2) is 51.1 Å². The molecule has 1 atom stereocenters. The molecule has 0 unspecified atom stereocenters. The molecule has 1 aliphatic rings. The lowest BCUT2D eigenvalue weighted by Gasteiger charge is -2.20. The Balaban J connectivity index is 1.41. The first-order chi connectivity index (χ1) is 17.0. The Morgan fingerprint density at radius 1 is 1.06 bits per heavy atom. The first-order valence-corrected chi connectivity index (χ1v) is 11.7. The topological polar surface area (TPSA) is 120 Å². The smallest absolute Gasteiger partial charge is 0.420 e. The predicted octanol–water partition coefficient (Wildman–Crippen LogP) is 4.51. The quantitative estimate of drug-likeness (QED) is 0.521. The van der Waals surface area contributed by atoms with Crippen LogP contribution in [0.15, 0.2) is 54.9 Å². The van der Waals surface area contributed by atoms with Gasteiger partial charge in [-0.25, -0.2) is 23.9 Å². The van der Waals surface area contributed by atoms with E-state index in [-0.39, 0.29) is 18.9 Å². The van der Waals surface area contributed by atoms with E-state index in [4.69, 9.17) is 9.47 Å². The van der Waals surface area contributed by atoms with Gasteiger partial charge < -0.3 is 19.9 Å². The van der Waals surface area contributed by atoms with Gasteiger partial charge >= 0.3 is 18.2 Å². The Labute approximate surface area is 209 Å². The highest BCUT2D eigenvalue weighted by molar-refractivity contribution is 5.81. The third-order valence-electron chi connectivity index (χ3n) is 6.03. The molecule has 2 aromatic carbocycles. The van der Waals surface area contributed by atoms with Crippen molar-refractivity contribution in [2.45, 2.75) is 51.7 Å². The number of benzene rings is 2. The summed E-state index contributed by atoms with van der Waals surface area (Å²) in [6, 6.07) is 14.6. The monoisotopic (exact) mass is 491 g/mol. The van der Waals surface area contributed by atoms with E-state index in [0.717, 1.165) is 22.3 Å². The fourth-order valence-electron chi connectivity index (χ4n) is 4.32. The number of alkyl carbamates (subject to hydrolysis) is 1. The van der Waals surface area contributed by atoms with Crippen molar-refractivity contribution in [1.29, 1.82) is 0 Å². The summed E-state index contributed by atoms with van der Waals surface area (Å²) in [6.07, 6.45) is -0.296. The minimum absolute atomic E-state index is 0.0680. The van der Waals surface area contributed by atoms with Crippen molar-refractivity contribution in [2.75, 3.05) is 6.61 Å². The van der Waals surface area contributed by atoms with Crippen LogP contribution in [0.3, 0.4) is 0 Å². The molecule has 9 heteroatoms. The minimum Gasteiger partial charge on any atom is -0.480 e. The zero-order valence-corrected chi connectivity index (χ0v) is 20.6. The number of aliphatic carboxylic acids is 1. The lowest BCUT2D eigenvalue weighted by atomic mass is 9.98. The van der Waals surface area contributed by atoms with Crippen molar-refractivity contribution >= 4 is 18.2 Å². The molecule has 0 saturated heterocycles. The summed E-state index contributed by atoms with van der Waals surface area (Å²) in [7, 11) is 0. The average Bonchev–Trinajstić information content (AvgIpc) is 3.34. The molecule has 1 aliphatic carbocycles. The first-order valence-electron chi connectivity index (χ1n) is 11.7. The van der Waals surface area contributed by atoms with Crippen LogP contribution in [0.4, 0.5) is 9.59 Å². The number of aromatic nitrogens is 2. The zero-order chi connectivity index (χ0) is 26.0. The van der Waals surface area contributed by atoms with Crippen LogP contribution in [0.25, 0.3) is 11.1 Å². The Hall–Kier alpha value is -4.14. The Morgan fingerprint density at radius 3 is 2.19 bits per heavy atom. The van der Waals surface area contributed by atoms with Crippen LogP contribution in [0.5, 0.6) is 0 Å². The Kier molecular flexibility index (Phi) is 6.83. The predicted molar refractivity (Wildman–Crippen MR) is 132 cm³/mol.